The number of quaternary nitrogens is 2. The summed E-state index contributed by atoms with van der Waals surface area (Å²) in [5.74, 6) is 0.0675. The topological polar surface area (TPSA) is 60.0 Å². The number of amides is 1. The van der Waals surface area contributed by atoms with Gasteiger partial charge >= 0.3 is 0 Å². The Morgan fingerprint density at radius 3 is 2.52 bits per heavy atom. The summed E-state index contributed by atoms with van der Waals surface area (Å²) in [4.78, 5) is 27.7. The van der Waals surface area contributed by atoms with Gasteiger partial charge in [-0.2, -0.15) is 0 Å². The van der Waals surface area contributed by atoms with Gasteiger partial charge in [-0.25, -0.2) is 3.96 Å². The molecule has 1 amide bonds. The number of piperazine rings is 1. The van der Waals surface area contributed by atoms with Gasteiger partial charge in [0.2, 0.25) is 0 Å². The van der Waals surface area contributed by atoms with Crippen molar-refractivity contribution in [1.82, 2.24) is 3.96 Å². The second kappa shape index (κ2) is 8.49. The standard InChI is InChI=1S/C22H26N4O2S/c1-16-6-5-8-19(17(16)2)23-21(27)14-24-10-12-25(13-11-24)15-26-22(28)18-7-3-4-9-20(18)29-26/h3-9H,10-15H2,1-2H3,(H,23,27)/p+2. The summed E-state index contributed by atoms with van der Waals surface area (Å²) in [7, 11) is 0. The number of hydrogen-bond acceptors (Lipinski definition) is 3. The van der Waals surface area contributed by atoms with E-state index in [-0.39, 0.29) is 11.5 Å². The fraction of sp³-hybridized carbons (Fsp3) is 0.364. The summed E-state index contributed by atoms with van der Waals surface area (Å²) in [5.41, 5.74) is 3.33. The Labute approximate surface area is 174 Å². The van der Waals surface area contributed by atoms with Crippen LogP contribution in [0.3, 0.4) is 0 Å². The van der Waals surface area contributed by atoms with Crippen molar-refractivity contribution in [1.29, 1.82) is 0 Å². The molecule has 1 saturated heterocycles. The van der Waals surface area contributed by atoms with Gasteiger partial charge in [0, 0.05) is 5.69 Å². The van der Waals surface area contributed by atoms with E-state index < -0.39 is 0 Å². The molecule has 2 heterocycles. The molecule has 0 bridgehead atoms. The smallest absolute Gasteiger partial charge is 0.279 e. The monoisotopic (exact) mass is 412 g/mol. The van der Waals surface area contributed by atoms with Crippen molar-refractivity contribution >= 4 is 33.2 Å². The Hall–Kier alpha value is -2.48. The molecule has 1 fully saturated rings. The molecular weight excluding hydrogens is 384 g/mol. The molecule has 0 spiro atoms. The molecule has 1 aliphatic rings. The quantitative estimate of drug-likeness (QED) is 0.555. The van der Waals surface area contributed by atoms with E-state index in [0.717, 1.165) is 47.5 Å². The van der Waals surface area contributed by atoms with Crippen LogP contribution in [0.2, 0.25) is 0 Å². The molecule has 0 saturated carbocycles. The highest BCUT2D eigenvalue weighted by Gasteiger charge is 2.26. The molecule has 29 heavy (non-hydrogen) atoms. The molecule has 0 unspecified atom stereocenters. The fourth-order valence-electron chi connectivity index (χ4n) is 3.92. The summed E-state index contributed by atoms with van der Waals surface area (Å²) in [6, 6.07) is 13.8. The first-order valence-corrected chi connectivity index (χ1v) is 10.9. The third-order valence-electron chi connectivity index (χ3n) is 5.87. The Morgan fingerprint density at radius 1 is 1.03 bits per heavy atom. The number of aryl methyl sites for hydroxylation is 1. The van der Waals surface area contributed by atoms with Crippen LogP contribution in [0.25, 0.3) is 10.1 Å². The molecule has 7 heteroatoms. The molecule has 1 aromatic heterocycles. The maximum Gasteiger partial charge on any atom is 0.279 e. The molecule has 1 aliphatic heterocycles. The lowest BCUT2D eigenvalue weighted by Crippen LogP contribution is -3.28. The minimum Gasteiger partial charge on any atom is -0.321 e. The fourth-order valence-corrected chi connectivity index (χ4v) is 4.98. The van der Waals surface area contributed by atoms with Crippen LogP contribution in [-0.2, 0) is 11.5 Å². The van der Waals surface area contributed by atoms with E-state index in [9.17, 15) is 9.59 Å². The van der Waals surface area contributed by atoms with Gasteiger partial charge < -0.3 is 15.1 Å². The highest BCUT2D eigenvalue weighted by Crippen LogP contribution is 2.17. The zero-order valence-corrected chi connectivity index (χ0v) is 17.8. The molecule has 3 N–H and O–H groups in total. The number of rotatable bonds is 5. The number of nitrogens with zero attached hydrogens (tertiary/aromatic N) is 1. The van der Waals surface area contributed by atoms with Gasteiger partial charge in [0.1, 0.15) is 26.2 Å². The molecule has 2 aromatic carbocycles. The highest BCUT2D eigenvalue weighted by atomic mass is 32.1. The number of anilines is 1. The first-order valence-electron chi connectivity index (χ1n) is 10.1. The van der Waals surface area contributed by atoms with E-state index in [1.165, 1.54) is 15.4 Å². The van der Waals surface area contributed by atoms with Crippen molar-refractivity contribution in [3.8, 4) is 0 Å². The molecule has 0 atom stereocenters. The van der Waals surface area contributed by atoms with Crippen molar-refractivity contribution in [2.24, 2.45) is 0 Å². The van der Waals surface area contributed by atoms with Crippen LogP contribution in [-0.4, -0.2) is 42.6 Å². The maximum atomic E-state index is 12.5. The van der Waals surface area contributed by atoms with Gasteiger partial charge in [0.15, 0.2) is 13.2 Å². The SMILES string of the molecule is Cc1cccc(NC(=O)C[NH+]2CC[NH+](Cn3sc4ccccc4c3=O)CC2)c1C. The molecule has 4 rings (SSSR count). The van der Waals surface area contributed by atoms with Crippen LogP contribution < -0.4 is 20.7 Å². The molecule has 0 aliphatic carbocycles. The summed E-state index contributed by atoms with van der Waals surface area (Å²) < 4.78 is 2.92. The van der Waals surface area contributed by atoms with Crippen molar-refractivity contribution < 1.29 is 14.6 Å². The Kier molecular flexibility index (Phi) is 5.80. The summed E-state index contributed by atoms with van der Waals surface area (Å²) in [5, 5.41) is 3.87. The Balaban J connectivity index is 1.30. The zero-order valence-electron chi connectivity index (χ0n) is 17.0. The van der Waals surface area contributed by atoms with E-state index in [2.05, 4.69) is 18.3 Å². The second-order valence-electron chi connectivity index (χ2n) is 7.90. The molecule has 0 radical (unpaired) electrons. The Morgan fingerprint density at radius 2 is 1.76 bits per heavy atom. The van der Waals surface area contributed by atoms with Crippen molar-refractivity contribution in [3.05, 3.63) is 63.9 Å². The number of hydrogen-bond donors (Lipinski definition) is 3. The number of aromatic nitrogens is 1. The maximum absolute atomic E-state index is 12.5. The van der Waals surface area contributed by atoms with Crippen LogP contribution in [0.4, 0.5) is 5.69 Å². The van der Waals surface area contributed by atoms with Crippen LogP contribution in [0.1, 0.15) is 11.1 Å². The number of fused-ring (bicyclic) bond motifs is 1. The molecule has 3 aromatic rings. The predicted octanol–water partition coefficient (Wildman–Crippen LogP) is 0.0594. The third kappa shape index (κ3) is 4.42. The summed E-state index contributed by atoms with van der Waals surface area (Å²) in [6.07, 6.45) is 0. The van der Waals surface area contributed by atoms with Gasteiger partial charge in [0.25, 0.3) is 11.5 Å². The van der Waals surface area contributed by atoms with Gasteiger partial charge in [-0.1, -0.05) is 35.8 Å². The average molecular weight is 413 g/mol. The van der Waals surface area contributed by atoms with Crippen LogP contribution in [0.15, 0.2) is 47.3 Å². The van der Waals surface area contributed by atoms with E-state index in [0.29, 0.717) is 13.2 Å². The van der Waals surface area contributed by atoms with Crippen molar-refractivity contribution in [3.63, 3.8) is 0 Å². The lowest BCUT2D eigenvalue weighted by molar-refractivity contribution is -1.02. The highest BCUT2D eigenvalue weighted by molar-refractivity contribution is 7.13. The van der Waals surface area contributed by atoms with E-state index in [4.69, 9.17) is 0 Å². The zero-order chi connectivity index (χ0) is 20.4. The minimum absolute atomic E-state index is 0.0675. The van der Waals surface area contributed by atoms with Crippen molar-refractivity contribution in [2.75, 3.05) is 38.0 Å². The number of carbonyl (C=O) groups excluding carboxylic acids is 1. The van der Waals surface area contributed by atoms with Gasteiger partial charge in [-0.15, -0.1) is 0 Å². The predicted molar refractivity (Wildman–Crippen MR) is 117 cm³/mol. The first kappa shape index (κ1) is 19.8. The third-order valence-corrected chi connectivity index (χ3v) is 6.94. The molecule has 6 nitrogen and oxygen atoms in total. The normalized spacial score (nSPS) is 19.4. The second-order valence-corrected chi connectivity index (χ2v) is 8.96. The lowest BCUT2D eigenvalue weighted by Gasteiger charge is -2.29. The Bertz CT molecular complexity index is 1080. The summed E-state index contributed by atoms with van der Waals surface area (Å²) >= 11 is 1.55. The number of nitrogens with one attached hydrogen (secondary N) is 3. The van der Waals surface area contributed by atoms with Crippen LogP contribution in [0, 0.1) is 13.8 Å². The number of benzene rings is 2. The van der Waals surface area contributed by atoms with Gasteiger partial charge in [-0.05, 0) is 43.2 Å². The van der Waals surface area contributed by atoms with E-state index >= 15 is 0 Å². The van der Waals surface area contributed by atoms with Crippen molar-refractivity contribution in [2.45, 2.75) is 20.5 Å². The molecule has 152 valence electrons. The van der Waals surface area contributed by atoms with Crippen LogP contribution in [0.5, 0.6) is 0 Å². The van der Waals surface area contributed by atoms with Crippen LogP contribution >= 0.6 is 11.5 Å². The summed E-state index contributed by atoms with van der Waals surface area (Å²) in [6.45, 7) is 9.10. The molecular formula is C22H28N4O2S+2. The average Bonchev–Trinajstić information content (AvgIpc) is 3.03. The largest absolute Gasteiger partial charge is 0.321 e. The lowest BCUT2D eigenvalue weighted by atomic mass is 10.1. The number of carbonyl (C=O) groups is 1. The first-order chi connectivity index (χ1) is 14.0. The van der Waals surface area contributed by atoms with E-state index in [1.54, 1.807) is 11.5 Å². The van der Waals surface area contributed by atoms with Gasteiger partial charge in [-0.3, -0.25) is 9.59 Å². The van der Waals surface area contributed by atoms with E-state index in [1.807, 2.05) is 47.3 Å². The minimum atomic E-state index is 0.0675. The van der Waals surface area contributed by atoms with Gasteiger partial charge in [0.05, 0.1) is 10.1 Å².